The fourth-order valence-corrected chi connectivity index (χ4v) is 3.91. The lowest BCUT2D eigenvalue weighted by Gasteiger charge is -2.15. The number of carboxylic acids is 2. The van der Waals surface area contributed by atoms with Crippen LogP contribution in [0.3, 0.4) is 0 Å². The Kier molecular flexibility index (Phi) is 6.09. The molecule has 3 rings (SSSR count). The molecule has 154 valence electrons. The summed E-state index contributed by atoms with van der Waals surface area (Å²) in [4.78, 5) is 36.5. The molecule has 3 N–H and O–H groups in total. The predicted octanol–water partition coefficient (Wildman–Crippen LogP) is 3.35. The van der Waals surface area contributed by atoms with Crippen LogP contribution in [0, 0.1) is 0 Å². The number of aromatic carboxylic acids is 1. The standard InChI is InChI=1S/C20H15NO7S2/c1-10(18(24)25)28-15-5-3-2-4-11(15)8-16-17(23)21(20(29)30-16)12-6-7-13(19(26)27)14(22)9-12/h2-10,22H,1H3,(H,24,25)(H,26,27)/b16-8-. The van der Waals surface area contributed by atoms with Gasteiger partial charge in [0.1, 0.15) is 17.1 Å². The molecule has 1 fully saturated rings. The third-order valence-electron chi connectivity index (χ3n) is 4.12. The minimum atomic E-state index is -1.29. The van der Waals surface area contributed by atoms with E-state index in [1.54, 1.807) is 24.3 Å². The van der Waals surface area contributed by atoms with Crippen LogP contribution in [0.4, 0.5) is 5.69 Å². The maximum Gasteiger partial charge on any atom is 0.344 e. The van der Waals surface area contributed by atoms with Gasteiger partial charge in [0, 0.05) is 11.6 Å². The van der Waals surface area contributed by atoms with Gasteiger partial charge in [-0.3, -0.25) is 9.69 Å². The van der Waals surface area contributed by atoms with Gasteiger partial charge in [0.25, 0.3) is 5.91 Å². The van der Waals surface area contributed by atoms with Gasteiger partial charge in [-0.25, -0.2) is 9.59 Å². The molecule has 1 heterocycles. The summed E-state index contributed by atoms with van der Waals surface area (Å²) in [6.45, 7) is 1.39. The molecule has 2 aromatic carbocycles. The van der Waals surface area contributed by atoms with Crippen molar-refractivity contribution in [3.05, 3.63) is 58.5 Å². The second-order valence-corrected chi connectivity index (χ2v) is 7.84. The Labute approximate surface area is 180 Å². The molecule has 1 saturated heterocycles. The monoisotopic (exact) mass is 445 g/mol. The van der Waals surface area contributed by atoms with Crippen molar-refractivity contribution >= 4 is 57.9 Å². The molecule has 30 heavy (non-hydrogen) atoms. The van der Waals surface area contributed by atoms with Crippen molar-refractivity contribution in [3.63, 3.8) is 0 Å². The van der Waals surface area contributed by atoms with Gasteiger partial charge >= 0.3 is 11.9 Å². The zero-order chi connectivity index (χ0) is 22.0. The lowest BCUT2D eigenvalue weighted by atomic mass is 10.1. The number of carbonyl (C=O) groups excluding carboxylic acids is 1. The van der Waals surface area contributed by atoms with Crippen molar-refractivity contribution in [1.29, 1.82) is 0 Å². The molecule has 1 amide bonds. The van der Waals surface area contributed by atoms with Gasteiger partial charge in [0.2, 0.25) is 0 Å². The van der Waals surface area contributed by atoms with Crippen LogP contribution in [0.25, 0.3) is 6.08 Å². The molecule has 0 radical (unpaired) electrons. The van der Waals surface area contributed by atoms with Gasteiger partial charge in [-0.15, -0.1) is 0 Å². The second-order valence-electron chi connectivity index (χ2n) is 6.16. The lowest BCUT2D eigenvalue weighted by molar-refractivity contribution is -0.144. The van der Waals surface area contributed by atoms with Crippen LogP contribution < -0.4 is 9.64 Å². The molecular formula is C20H15NO7S2. The lowest BCUT2D eigenvalue weighted by Crippen LogP contribution is -2.27. The van der Waals surface area contributed by atoms with E-state index in [1.807, 2.05) is 0 Å². The van der Waals surface area contributed by atoms with Crippen molar-refractivity contribution in [2.45, 2.75) is 13.0 Å². The number of aliphatic carboxylic acids is 1. The van der Waals surface area contributed by atoms with E-state index < -0.39 is 29.7 Å². The van der Waals surface area contributed by atoms with Crippen LogP contribution in [0.5, 0.6) is 11.5 Å². The van der Waals surface area contributed by atoms with Gasteiger partial charge in [0.15, 0.2) is 10.4 Å². The zero-order valence-electron chi connectivity index (χ0n) is 15.4. The third-order valence-corrected chi connectivity index (χ3v) is 5.42. The average molecular weight is 445 g/mol. The maximum absolute atomic E-state index is 12.9. The molecule has 0 aliphatic carbocycles. The molecule has 2 aromatic rings. The highest BCUT2D eigenvalue weighted by molar-refractivity contribution is 8.27. The molecule has 0 spiro atoms. The number of rotatable bonds is 6. The largest absolute Gasteiger partial charge is 0.507 e. The SMILES string of the molecule is CC(Oc1ccccc1/C=C1\SC(=S)N(c2ccc(C(=O)O)c(O)c2)C1=O)C(=O)O. The number of hydrogen-bond donors (Lipinski definition) is 3. The predicted molar refractivity (Wildman–Crippen MR) is 115 cm³/mol. The van der Waals surface area contributed by atoms with Crippen LogP contribution in [0.1, 0.15) is 22.8 Å². The minimum Gasteiger partial charge on any atom is -0.507 e. The summed E-state index contributed by atoms with van der Waals surface area (Å²) < 4.78 is 5.64. The highest BCUT2D eigenvalue weighted by Crippen LogP contribution is 2.38. The molecule has 0 aromatic heterocycles. The molecule has 1 aliphatic rings. The number of thiocarbonyl (C=S) groups is 1. The number of ether oxygens (including phenoxy) is 1. The number of anilines is 1. The summed E-state index contributed by atoms with van der Waals surface area (Å²) in [5.41, 5.74) is 0.431. The molecule has 1 unspecified atom stereocenters. The Balaban J connectivity index is 1.92. The fourth-order valence-electron chi connectivity index (χ4n) is 2.62. The number of hydrogen-bond acceptors (Lipinski definition) is 7. The van der Waals surface area contributed by atoms with Crippen molar-refractivity contribution in [2.24, 2.45) is 0 Å². The number of carboxylic acid groups (broad SMARTS) is 2. The van der Waals surface area contributed by atoms with Gasteiger partial charge in [-0.1, -0.05) is 42.2 Å². The van der Waals surface area contributed by atoms with E-state index in [0.717, 1.165) is 17.8 Å². The highest BCUT2D eigenvalue weighted by Gasteiger charge is 2.34. The number of thioether (sulfide) groups is 1. The van der Waals surface area contributed by atoms with E-state index in [0.29, 0.717) is 11.3 Å². The van der Waals surface area contributed by atoms with E-state index in [2.05, 4.69) is 0 Å². The summed E-state index contributed by atoms with van der Waals surface area (Å²) in [6, 6.07) is 10.4. The first kappa shape index (κ1) is 21.3. The van der Waals surface area contributed by atoms with E-state index in [4.69, 9.17) is 27.2 Å². The van der Waals surface area contributed by atoms with E-state index in [-0.39, 0.29) is 20.5 Å². The van der Waals surface area contributed by atoms with Crippen molar-refractivity contribution in [2.75, 3.05) is 4.90 Å². The fraction of sp³-hybridized carbons (Fsp3) is 0.100. The van der Waals surface area contributed by atoms with Crippen molar-refractivity contribution < 1.29 is 34.4 Å². The number of carbonyl (C=O) groups is 3. The minimum absolute atomic E-state index is 0.200. The van der Waals surface area contributed by atoms with Gasteiger partial charge in [-0.05, 0) is 31.2 Å². The van der Waals surface area contributed by atoms with Crippen LogP contribution >= 0.6 is 24.0 Å². The Bertz CT molecular complexity index is 1100. The molecule has 0 bridgehead atoms. The van der Waals surface area contributed by atoms with E-state index >= 15 is 0 Å². The first-order chi connectivity index (χ1) is 14.2. The molecule has 0 saturated carbocycles. The van der Waals surface area contributed by atoms with Crippen LogP contribution in [0.2, 0.25) is 0 Å². The van der Waals surface area contributed by atoms with E-state index in [1.165, 1.54) is 30.0 Å². The number of amides is 1. The average Bonchev–Trinajstić information content (AvgIpc) is 2.96. The smallest absolute Gasteiger partial charge is 0.344 e. The van der Waals surface area contributed by atoms with Crippen LogP contribution in [-0.4, -0.2) is 43.6 Å². The quantitative estimate of drug-likeness (QED) is 0.453. The van der Waals surface area contributed by atoms with Crippen molar-refractivity contribution in [1.82, 2.24) is 0 Å². The molecule has 1 aliphatic heterocycles. The highest BCUT2D eigenvalue weighted by atomic mass is 32.2. The first-order valence-electron chi connectivity index (χ1n) is 8.51. The maximum atomic E-state index is 12.9. The number of aromatic hydroxyl groups is 1. The van der Waals surface area contributed by atoms with E-state index in [9.17, 15) is 19.5 Å². The van der Waals surface area contributed by atoms with Gasteiger partial charge < -0.3 is 20.1 Å². The topological polar surface area (TPSA) is 124 Å². The first-order valence-corrected chi connectivity index (χ1v) is 9.74. The zero-order valence-corrected chi connectivity index (χ0v) is 17.1. The summed E-state index contributed by atoms with van der Waals surface area (Å²) in [7, 11) is 0. The number of benzene rings is 2. The van der Waals surface area contributed by atoms with Gasteiger partial charge in [-0.2, -0.15) is 0 Å². The number of nitrogens with zero attached hydrogens (tertiary/aromatic N) is 1. The van der Waals surface area contributed by atoms with Crippen molar-refractivity contribution in [3.8, 4) is 11.5 Å². The molecule has 1 atom stereocenters. The molecule has 8 nitrogen and oxygen atoms in total. The molecular weight excluding hydrogens is 430 g/mol. The van der Waals surface area contributed by atoms with Crippen LogP contribution in [0.15, 0.2) is 47.4 Å². The Morgan fingerprint density at radius 3 is 2.53 bits per heavy atom. The number of phenols is 1. The molecule has 10 heteroatoms. The summed E-state index contributed by atoms with van der Waals surface area (Å²) in [6.07, 6.45) is 0.457. The Hall–Kier alpha value is -3.37. The Morgan fingerprint density at radius 2 is 1.90 bits per heavy atom. The Morgan fingerprint density at radius 1 is 1.20 bits per heavy atom. The summed E-state index contributed by atoms with van der Waals surface area (Å²) >= 11 is 6.30. The number of para-hydroxylation sites is 1. The van der Waals surface area contributed by atoms with Gasteiger partial charge in [0.05, 0.1) is 10.6 Å². The summed E-state index contributed by atoms with van der Waals surface area (Å²) in [5.74, 6) is -3.08. The van der Waals surface area contributed by atoms with Crippen LogP contribution in [-0.2, 0) is 9.59 Å². The normalized spacial score (nSPS) is 16.0. The third kappa shape index (κ3) is 4.29. The second kappa shape index (κ2) is 8.56. The summed E-state index contributed by atoms with van der Waals surface area (Å²) in [5, 5.41) is 28.0.